The molecule has 0 radical (unpaired) electrons. The molecule has 0 aliphatic heterocycles. The van der Waals surface area contributed by atoms with Gasteiger partial charge >= 0.3 is 0 Å². The fraction of sp³-hybridized carbons (Fsp3) is 0.857. The van der Waals surface area contributed by atoms with Crippen LogP contribution < -0.4 is 0 Å². The maximum atomic E-state index is 11.6. The van der Waals surface area contributed by atoms with Gasteiger partial charge in [0, 0.05) is 12.8 Å². The molecule has 118 valence electrons. The number of carbonyl (C=O) groups is 2. The van der Waals surface area contributed by atoms with Gasteiger partial charge in [0.1, 0.15) is 0 Å². The van der Waals surface area contributed by atoms with E-state index in [1.165, 1.54) is 0 Å². The summed E-state index contributed by atoms with van der Waals surface area (Å²) in [4.78, 5) is 23.2. The van der Waals surface area contributed by atoms with Crippen molar-refractivity contribution in [3.8, 4) is 0 Å². The second-order valence-corrected chi connectivity index (χ2v) is 16.2. The largest absolute Gasteiger partial charge is 0.520 e. The minimum atomic E-state index is -1.77. The van der Waals surface area contributed by atoms with Gasteiger partial charge in [0.15, 0.2) is 0 Å². The van der Waals surface area contributed by atoms with E-state index in [9.17, 15) is 9.59 Å². The van der Waals surface area contributed by atoms with Crippen LogP contribution in [0.25, 0.3) is 0 Å². The summed E-state index contributed by atoms with van der Waals surface area (Å²) in [5, 5.41) is 0. The van der Waals surface area contributed by atoms with E-state index in [-0.39, 0.29) is 11.9 Å². The van der Waals surface area contributed by atoms with Crippen LogP contribution in [0, 0.1) is 5.92 Å². The molecule has 4 nitrogen and oxygen atoms in total. The summed E-state index contributed by atoms with van der Waals surface area (Å²) in [5.74, 6) is 0.111. The second kappa shape index (κ2) is 7.97. The molecule has 0 amide bonds. The van der Waals surface area contributed by atoms with Crippen molar-refractivity contribution in [2.24, 2.45) is 5.92 Å². The highest BCUT2D eigenvalue weighted by Crippen LogP contribution is 2.16. The summed E-state index contributed by atoms with van der Waals surface area (Å²) < 4.78 is 10.8. The van der Waals surface area contributed by atoms with Crippen LogP contribution in [0.1, 0.15) is 32.6 Å². The molecule has 0 aromatic rings. The molecule has 0 heterocycles. The Hall–Kier alpha value is -0.626. The Labute approximate surface area is 125 Å². The third kappa shape index (κ3) is 12.4. The van der Waals surface area contributed by atoms with E-state index < -0.39 is 16.6 Å². The summed E-state index contributed by atoms with van der Waals surface area (Å²) in [6.45, 7) is 14.1. The van der Waals surface area contributed by atoms with E-state index in [0.717, 1.165) is 12.8 Å². The first-order valence-electron chi connectivity index (χ1n) is 7.33. The van der Waals surface area contributed by atoms with Crippen molar-refractivity contribution in [2.75, 3.05) is 0 Å². The molecule has 0 spiro atoms. The van der Waals surface area contributed by atoms with Crippen LogP contribution in [0.3, 0.4) is 0 Å². The molecule has 0 aliphatic carbocycles. The Balaban J connectivity index is 3.87. The molecule has 0 rings (SSSR count). The van der Waals surface area contributed by atoms with Crippen molar-refractivity contribution in [1.82, 2.24) is 0 Å². The van der Waals surface area contributed by atoms with Gasteiger partial charge in [-0.05, 0) is 58.0 Å². The lowest BCUT2D eigenvalue weighted by Gasteiger charge is -2.19. The molecule has 0 aromatic heterocycles. The standard InChI is InChI=1S/C14H30O4Si2/c1-12(8-10-13(15)17-19(2,3)4)9-11-14(16)18-20(5,6)7/h12H,8-11H2,1-7H3. The van der Waals surface area contributed by atoms with E-state index in [2.05, 4.69) is 6.92 Å². The van der Waals surface area contributed by atoms with Crippen molar-refractivity contribution < 1.29 is 18.4 Å². The lowest BCUT2D eigenvalue weighted by atomic mass is 10.00. The summed E-state index contributed by atoms with van der Waals surface area (Å²) in [6.07, 6.45) is 2.41. The Kier molecular flexibility index (Phi) is 7.72. The van der Waals surface area contributed by atoms with Crippen molar-refractivity contribution in [2.45, 2.75) is 71.9 Å². The third-order valence-corrected chi connectivity index (χ3v) is 4.20. The Morgan fingerprint density at radius 2 is 1.10 bits per heavy atom. The highest BCUT2D eigenvalue weighted by atomic mass is 28.4. The smallest absolute Gasteiger partial charge is 0.292 e. The molecule has 0 fully saturated rings. The van der Waals surface area contributed by atoms with Gasteiger partial charge < -0.3 is 8.85 Å². The van der Waals surface area contributed by atoms with Gasteiger partial charge in [-0.25, -0.2) is 0 Å². The first-order chi connectivity index (χ1) is 8.89. The lowest BCUT2D eigenvalue weighted by molar-refractivity contribution is -0.135. The molecule has 0 atom stereocenters. The van der Waals surface area contributed by atoms with Crippen molar-refractivity contribution in [3.63, 3.8) is 0 Å². The molecule has 0 N–H and O–H groups in total. The first-order valence-corrected chi connectivity index (χ1v) is 14.1. The molecule has 0 aliphatic rings. The summed E-state index contributed by atoms with van der Waals surface area (Å²) >= 11 is 0. The van der Waals surface area contributed by atoms with Gasteiger partial charge in [-0.15, -0.1) is 0 Å². The monoisotopic (exact) mass is 318 g/mol. The number of hydrogen-bond donors (Lipinski definition) is 0. The maximum Gasteiger partial charge on any atom is 0.292 e. The fourth-order valence-corrected chi connectivity index (χ4v) is 3.23. The van der Waals surface area contributed by atoms with Gasteiger partial charge in [0.2, 0.25) is 16.6 Å². The minimum Gasteiger partial charge on any atom is -0.520 e. The van der Waals surface area contributed by atoms with Crippen LogP contribution in [0.15, 0.2) is 0 Å². The molecule has 0 aromatic carbocycles. The van der Waals surface area contributed by atoms with Gasteiger partial charge in [0.05, 0.1) is 0 Å². The lowest BCUT2D eigenvalue weighted by Crippen LogP contribution is -2.29. The molecular formula is C14H30O4Si2. The summed E-state index contributed by atoms with van der Waals surface area (Å²) in [7, 11) is -3.55. The van der Waals surface area contributed by atoms with Crippen LogP contribution in [-0.4, -0.2) is 28.6 Å². The average Bonchev–Trinajstić information content (AvgIpc) is 2.18. The third-order valence-electron chi connectivity index (χ3n) is 2.52. The zero-order valence-corrected chi connectivity index (χ0v) is 16.0. The second-order valence-electron chi connectivity index (χ2n) is 7.36. The predicted molar refractivity (Wildman–Crippen MR) is 86.5 cm³/mol. The average molecular weight is 319 g/mol. The van der Waals surface area contributed by atoms with Crippen LogP contribution in [-0.2, 0) is 18.4 Å². The molecule has 0 unspecified atom stereocenters. The van der Waals surface area contributed by atoms with Gasteiger partial charge in [-0.1, -0.05) is 6.92 Å². The molecule has 0 saturated carbocycles. The minimum absolute atomic E-state index is 0.110. The molecule has 0 bridgehead atoms. The predicted octanol–water partition coefficient (Wildman–Crippen LogP) is 3.94. The Bertz CT molecular complexity index is 297. The van der Waals surface area contributed by atoms with Crippen LogP contribution in [0.4, 0.5) is 0 Å². The number of hydrogen-bond acceptors (Lipinski definition) is 4. The van der Waals surface area contributed by atoms with E-state index in [4.69, 9.17) is 8.85 Å². The number of rotatable bonds is 8. The van der Waals surface area contributed by atoms with E-state index in [1.807, 2.05) is 39.3 Å². The fourth-order valence-electron chi connectivity index (χ4n) is 1.66. The van der Waals surface area contributed by atoms with Crippen LogP contribution >= 0.6 is 0 Å². The van der Waals surface area contributed by atoms with Crippen molar-refractivity contribution >= 4 is 28.6 Å². The Morgan fingerprint density at radius 1 is 0.800 bits per heavy atom. The molecule has 20 heavy (non-hydrogen) atoms. The van der Waals surface area contributed by atoms with Gasteiger partial charge in [0.25, 0.3) is 11.9 Å². The maximum absolute atomic E-state index is 11.6. The van der Waals surface area contributed by atoms with E-state index >= 15 is 0 Å². The zero-order chi connectivity index (χ0) is 16.0. The SMILES string of the molecule is CC(CCC(=O)O[Si](C)(C)C)CCC(=O)O[Si](C)(C)C. The van der Waals surface area contributed by atoms with Gasteiger partial charge in [-0.3, -0.25) is 9.59 Å². The van der Waals surface area contributed by atoms with Crippen molar-refractivity contribution in [1.29, 1.82) is 0 Å². The number of carbonyl (C=O) groups excluding carboxylic acids is 2. The van der Waals surface area contributed by atoms with E-state index in [1.54, 1.807) is 0 Å². The molecule has 0 saturated heterocycles. The highest BCUT2D eigenvalue weighted by molar-refractivity contribution is 6.71. The topological polar surface area (TPSA) is 52.6 Å². The zero-order valence-electron chi connectivity index (χ0n) is 14.0. The van der Waals surface area contributed by atoms with Gasteiger partial charge in [-0.2, -0.15) is 0 Å². The van der Waals surface area contributed by atoms with Crippen molar-refractivity contribution in [3.05, 3.63) is 0 Å². The summed E-state index contributed by atoms with van der Waals surface area (Å²) in [5.41, 5.74) is 0. The van der Waals surface area contributed by atoms with E-state index in [0.29, 0.717) is 18.8 Å². The normalized spacial score (nSPS) is 12.4. The molecule has 6 heteroatoms. The van der Waals surface area contributed by atoms with Crippen LogP contribution in [0.5, 0.6) is 0 Å². The summed E-state index contributed by atoms with van der Waals surface area (Å²) in [6, 6.07) is 0. The Morgan fingerprint density at radius 3 is 1.35 bits per heavy atom. The first kappa shape index (κ1) is 19.4. The molecular weight excluding hydrogens is 288 g/mol. The van der Waals surface area contributed by atoms with Crippen LogP contribution in [0.2, 0.25) is 39.3 Å². The highest BCUT2D eigenvalue weighted by Gasteiger charge is 2.21. The quantitative estimate of drug-likeness (QED) is 0.636.